The van der Waals surface area contributed by atoms with Crippen LogP contribution >= 0.6 is 0 Å². The van der Waals surface area contributed by atoms with E-state index in [0.29, 0.717) is 11.5 Å². The van der Waals surface area contributed by atoms with Gasteiger partial charge in [0.15, 0.2) is 5.82 Å². The van der Waals surface area contributed by atoms with Crippen LogP contribution in [0.5, 0.6) is 0 Å². The minimum atomic E-state index is -1.03. The number of aromatic nitrogens is 2. The van der Waals surface area contributed by atoms with Gasteiger partial charge in [0.1, 0.15) is 17.7 Å². The number of aliphatic carboxylic acids is 1. The molecular formula is C7H6N4O2. The maximum atomic E-state index is 10.6. The highest BCUT2D eigenvalue weighted by Crippen LogP contribution is 2.23. The Balaban J connectivity index is 2.44. The number of carboxylic acid groups (broad SMARTS) is 1. The van der Waals surface area contributed by atoms with Crippen LogP contribution in [0.4, 0.5) is 11.5 Å². The second-order valence-corrected chi connectivity index (χ2v) is 2.47. The molecule has 2 rings (SSSR count). The maximum absolute atomic E-state index is 10.6. The van der Waals surface area contributed by atoms with E-state index in [1.165, 1.54) is 12.5 Å². The molecule has 0 atom stereocenters. The zero-order chi connectivity index (χ0) is 9.26. The Labute approximate surface area is 73.4 Å². The van der Waals surface area contributed by atoms with E-state index >= 15 is 0 Å². The lowest BCUT2D eigenvalue weighted by atomic mass is 10.3. The first-order valence-corrected chi connectivity index (χ1v) is 3.62. The topological polar surface area (TPSA) is 87.5 Å². The lowest BCUT2D eigenvalue weighted by Crippen LogP contribution is -2.25. The van der Waals surface area contributed by atoms with Crippen molar-refractivity contribution in [1.82, 2.24) is 9.97 Å². The second-order valence-electron chi connectivity index (χ2n) is 2.47. The molecule has 1 aliphatic rings. The van der Waals surface area contributed by atoms with E-state index in [0.717, 1.165) is 0 Å². The van der Waals surface area contributed by atoms with Crippen molar-refractivity contribution in [3.05, 3.63) is 12.5 Å². The van der Waals surface area contributed by atoms with E-state index in [4.69, 9.17) is 5.11 Å². The van der Waals surface area contributed by atoms with Gasteiger partial charge < -0.3 is 10.4 Å². The summed E-state index contributed by atoms with van der Waals surface area (Å²) in [6, 6.07) is 0. The molecule has 0 spiro atoms. The Morgan fingerprint density at radius 1 is 1.62 bits per heavy atom. The summed E-state index contributed by atoms with van der Waals surface area (Å²) < 4.78 is 0. The highest BCUT2D eigenvalue weighted by molar-refractivity contribution is 6.38. The summed E-state index contributed by atoms with van der Waals surface area (Å²) in [6.45, 7) is 0.194. The molecule has 13 heavy (non-hydrogen) atoms. The highest BCUT2D eigenvalue weighted by Gasteiger charge is 2.16. The van der Waals surface area contributed by atoms with Crippen LogP contribution in [0.15, 0.2) is 17.5 Å². The van der Waals surface area contributed by atoms with Crippen molar-refractivity contribution < 1.29 is 9.90 Å². The molecule has 0 saturated carbocycles. The van der Waals surface area contributed by atoms with Gasteiger partial charge in [0.2, 0.25) is 0 Å². The Hall–Kier alpha value is -1.98. The zero-order valence-corrected chi connectivity index (χ0v) is 6.56. The normalized spacial score (nSPS) is 14.0. The van der Waals surface area contributed by atoms with Crippen molar-refractivity contribution in [3.8, 4) is 0 Å². The van der Waals surface area contributed by atoms with Gasteiger partial charge in [-0.05, 0) is 0 Å². The molecule has 0 amide bonds. The van der Waals surface area contributed by atoms with E-state index < -0.39 is 5.97 Å². The number of rotatable bonds is 1. The smallest absolute Gasteiger partial charge is 0.352 e. The monoisotopic (exact) mass is 178 g/mol. The van der Waals surface area contributed by atoms with Gasteiger partial charge in [-0.25, -0.2) is 19.8 Å². The van der Waals surface area contributed by atoms with Gasteiger partial charge in [-0.15, -0.1) is 0 Å². The first kappa shape index (κ1) is 7.66. The SMILES string of the molecule is O=C(O)C1=Nc2cncnc2NC1. The molecule has 6 heteroatoms. The summed E-state index contributed by atoms with van der Waals surface area (Å²) in [7, 11) is 0. The maximum Gasteiger partial charge on any atom is 0.352 e. The average Bonchev–Trinajstić information content (AvgIpc) is 2.17. The van der Waals surface area contributed by atoms with E-state index in [9.17, 15) is 4.79 Å². The predicted molar refractivity (Wildman–Crippen MR) is 45.3 cm³/mol. The number of carboxylic acids is 1. The van der Waals surface area contributed by atoms with Crippen LogP contribution in [-0.2, 0) is 4.79 Å². The molecule has 0 bridgehead atoms. The number of hydrogen-bond donors (Lipinski definition) is 2. The predicted octanol–water partition coefficient (Wildman–Crippen LogP) is 0.0592. The number of anilines is 1. The first-order valence-electron chi connectivity index (χ1n) is 3.62. The molecule has 1 aromatic heterocycles. The number of fused-ring (bicyclic) bond motifs is 1. The zero-order valence-electron chi connectivity index (χ0n) is 6.56. The van der Waals surface area contributed by atoms with Crippen molar-refractivity contribution in [2.75, 3.05) is 11.9 Å². The third-order valence-corrected chi connectivity index (χ3v) is 1.62. The lowest BCUT2D eigenvalue weighted by molar-refractivity contribution is -0.129. The van der Waals surface area contributed by atoms with Gasteiger partial charge in [-0.3, -0.25) is 0 Å². The van der Waals surface area contributed by atoms with Crippen molar-refractivity contribution in [1.29, 1.82) is 0 Å². The summed E-state index contributed by atoms with van der Waals surface area (Å²) in [4.78, 5) is 22.1. The quantitative estimate of drug-likeness (QED) is 0.634. The van der Waals surface area contributed by atoms with E-state index in [1.807, 2.05) is 0 Å². The fourth-order valence-electron chi connectivity index (χ4n) is 1.02. The summed E-state index contributed by atoms with van der Waals surface area (Å²) in [5, 5.41) is 11.5. The molecule has 2 heterocycles. The van der Waals surface area contributed by atoms with E-state index in [1.54, 1.807) is 0 Å². The van der Waals surface area contributed by atoms with E-state index in [2.05, 4.69) is 20.3 Å². The third kappa shape index (κ3) is 1.33. The number of nitrogens with zero attached hydrogens (tertiary/aromatic N) is 3. The van der Waals surface area contributed by atoms with Gasteiger partial charge in [-0.2, -0.15) is 0 Å². The number of nitrogens with one attached hydrogen (secondary N) is 1. The minimum absolute atomic E-state index is 0.0716. The van der Waals surface area contributed by atoms with Crippen LogP contribution in [0.3, 0.4) is 0 Å². The van der Waals surface area contributed by atoms with Crippen molar-refractivity contribution in [2.45, 2.75) is 0 Å². The van der Waals surface area contributed by atoms with Crippen molar-refractivity contribution in [3.63, 3.8) is 0 Å². The fraction of sp³-hybridized carbons (Fsp3) is 0.143. The van der Waals surface area contributed by atoms with Crippen molar-refractivity contribution in [2.24, 2.45) is 4.99 Å². The van der Waals surface area contributed by atoms with Gasteiger partial charge >= 0.3 is 5.97 Å². The number of carbonyl (C=O) groups is 1. The Kier molecular flexibility index (Phi) is 1.66. The number of aliphatic imine (C=N–C) groups is 1. The molecule has 2 N–H and O–H groups in total. The first-order chi connectivity index (χ1) is 6.27. The standard InChI is InChI=1S/C7H6N4O2/c12-7(13)5-2-9-6-4(11-5)1-8-3-10-6/h1,3H,2H2,(H,12,13)(H,8,9,10). The van der Waals surface area contributed by atoms with Gasteiger partial charge in [0, 0.05) is 0 Å². The largest absolute Gasteiger partial charge is 0.477 e. The summed E-state index contributed by atoms with van der Waals surface area (Å²) in [6.07, 6.45) is 2.85. The van der Waals surface area contributed by atoms with Crippen LogP contribution in [-0.4, -0.2) is 33.3 Å². The summed E-state index contributed by atoms with van der Waals surface area (Å²) in [5.41, 5.74) is 0.536. The Bertz CT molecular complexity index is 388. The Morgan fingerprint density at radius 3 is 3.23 bits per heavy atom. The van der Waals surface area contributed by atoms with Crippen LogP contribution in [0.25, 0.3) is 0 Å². The molecule has 0 aromatic carbocycles. The molecule has 1 aromatic rings. The fourth-order valence-corrected chi connectivity index (χ4v) is 1.02. The van der Waals surface area contributed by atoms with Gasteiger partial charge in [0.25, 0.3) is 0 Å². The molecule has 66 valence electrons. The van der Waals surface area contributed by atoms with Crippen molar-refractivity contribution >= 4 is 23.2 Å². The summed E-state index contributed by atoms with van der Waals surface area (Å²) >= 11 is 0. The molecule has 0 aliphatic carbocycles. The summed E-state index contributed by atoms with van der Waals surface area (Å²) in [5.74, 6) is -0.456. The second kappa shape index (κ2) is 2.81. The van der Waals surface area contributed by atoms with Crippen LogP contribution < -0.4 is 5.32 Å². The van der Waals surface area contributed by atoms with Gasteiger partial charge in [-0.1, -0.05) is 0 Å². The number of hydrogen-bond acceptors (Lipinski definition) is 5. The molecule has 0 saturated heterocycles. The van der Waals surface area contributed by atoms with Crippen LogP contribution in [0.2, 0.25) is 0 Å². The lowest BCUT2D eigenvalue weighted by Gasteiger charge is -2.12. The molecule has 0 radical (unpaired) electrons. The van der Waals surface area contributed by atoms with Crippen LogP contribution in [0, 0.1) is 0 Å². The molecular weight excluding hydrogens is 172 g/mol. The van der Waals surface area contributed by atoms with Gasteiger partial charge in [0.05, 0.1) is 12.7 Å². The molecule has 0 fully saturated rings. The molecule has 0 unspecified atom stereocenters. The highest BCUT2D eigenvalue weighted by atomic mass is 16.4. The minimum Gasteiger partial charge on any atom is -0.477 e. The molecule has 1 aliphatic heterocycles. The average molecular weight is 178 g/mol. The van der Waals surface area contributed by atoms with E-state index in [-0.39, 0.29) is 12.3 Å². The Morgan fingerprint density at radius 2 is 2.46 bits per heavy atom. The third-order valence-electron chi connectivity index (χ3n) is 1.62. The van der Waals surface area contributed by atoms with Crippen LogP contribution in [0.1, 0.15) is 0 Å². The molecule has 6 nitrogen and oxygen atoms in total.